The molecule has 1 atom stereocenters. The highest BCUT2D eigenvalue weighted by Gasteiger charge is 2.22. The predicted molar refractivity (Wildman–Crippen MR) is 89.1 cm³/mol. The van der Waals surface area contributed by atoms with Crippen LogP contribution in [0.1, 0.15) is 47.7 Å². The smallest absolute Gasteiger partial charge is 0.256 e. The SMILES string of the molecule is CCOc1ccc2oc(C)c(C(=O)NC(C)c3n[nH]c(C)n3)c2c1. The monoisotopic (exact) mass is 328 g/mol. The summed E-state index contributed by atoms with van der Waals surface area (Å²) in [5.74, 6) is 2.29. The first-order valence-electron chi connectivity index (χ1n) is 7.85. The van der Waals surface area contributed by atoms with E-state index in [0.717, 1.165) is 5.39 Å². The molecule has 2 N–H and O–H groups in total. The van der Waals surface area contributed by atoms with Gasteiger partial charge in [0.1, 0.15) is 22.9 Å². The minimum absolute atomic E-state index is 0.227. The number of amides is 1. The van der Waals surface area contributed by atoms with Crippen LogP contribution in [0.25, 0.3) is 11.0 Å². The zero-order valence-corrected chi connectivity index (χ0v) is 14.1. The van der Waals surface area contributed by atoms with Crippen molar-refractivity contribution in [3.05, 3.63) is 41.2 Å². The first-order valence-corrected chi connectivity index (χ1v) is 7.85. The molecule has 126 valence electrons. The summed E-state index contributed by atoms with van der Waals surface area (Å²) < 4.78 is 11.2. The number of aromatic amines is 1. The molecule has 2 aromatic heterocycles. The zero-order valence-electron chi connectivity index (χ0n) is 14.1. The van der Waals surface area contributed by atoms with Crippen molar-refractivity contribution in [2.75, 3.05) is 6.61 Å². The molecule has 7 nitrogen and oxygen atoms in total. The van der Waals surface area contributed by atoms with Crippen LogP contribution in [0, 0.1) is 13.8 Å². The molecule has 0 aliphatic rings. The Labute approximate surface area is 139 Å². The third-order valence-electron chi connectivity index (χ3n) is 3.72. The lowest BCUT2D eigenvalue weighted by atomic mass is 10.1. The third kappa shape index (κ3) is 2.97. The quantitative estimate of drug-likeness (QED) is 0.751. The fraction of sp³-hybridized carbons (Fsp3) is 0.353. The Morgan fingerprint density at radius 1 is 1.42 bits per heavy atom. The topological polar surface area (TPSA) is 93.0 Å². The Morgan fingerprint density at radius 3 is 2.88 bits per heavy atom. The second-order valence-electron chi connectivity index (χ2n) is 5.60. The molecule has 3 rings (SSSR count). The van der Waals surface area contributed by atoms with Crippen LogP contribution >= 0.6 is 0 Å². The van der Waals surface area contributed by atoms with Crippen LogP contribution in [0.4, 0.5) is 0 Å². The van der Waals surface area contributed by atoms with E-state index in [9.17, 15) is 4.79 Å². The van der Waals surface area contributed by atoms with Gasteiger partial charge in [0.15, 0.2) is 5.82 Å². The number of hydrogen-bond donors (Lipinski definition) is 2. The molecule has 1 amide bonds. The molecule has 0 bridgehead atoms. The summed E-state index contributed by atoms with van der Waals surface area (Å²) in [5, 5.41) is 10.5. The van der Waals surface area contributed by atoms with Gasteiger partial charge in [0.2, 0.25) is 0 Å². The second-order valence-corrected chi connectivity index (χ2v) is 5.60. The Balaban J connectivity index is 1.91. The minimum atomic E-state index is -0.318. The van der Waals surface area contributed by atoms with Crippen molar-refractivity contribution >= 4 is 16.9 Å². The van der Waals surface area contributed by atoms with Crippen LogP contribution in [0.5, 0.6) is 5.75 Å². The fourth-order valence-corrected chi connectivity index (χ4v) is 2.62. The maximum absolute atomic E-state index is 12.7. The number of aromatic nitrogens is 3. The van der Waals surface area contributed by atoms with Crippen molar-refractivity contribution in [3.63, 3.8) is 0 Å². The summed E-state index contributed by atoms with van der Waals surface area (Å²) in [7, 11) is 0. The van der Waals surface area contributed by atoms with Gasteiger partial charge in [-0.05, 0) is 45.9 Å². The largest absolute Gasteiger partial charge is 0.494 e. The first-order chi connectivity index (χ1) is 11.5. The molecule has 0 saturated heterocycles. The van der Waals surface area contributed by atoms with E-state index in [1.54, 1.807) is 6.92 Å². The van der Waals surface area contributed by atoms with E-state index in [1.807, 2.05) is 39.0 Å². The van der Waals surface area contributed by atoms with E-state index in [0.29, 0.717) is 40.9 Å². The molecule has 1 aromatic carbocycles. The number of carbonyl (C=O) groups excluding carboxylic acids is 1. The van der Waals surface area contributed by atoms with Crippen LogP contribution in [0.3, 0.4) is 0 Å². The molecule has 0 radical (unpaired) electrons. The van der Waals surface area contributed by atoms with Gasteiger partial charge in [-0.2, -0.15) is 5.10 Å². The Bertz CT molecular complexity index is 881. The van der Waals surface area contributed by atoms with E-state index in [1.165, 1.54) is 0 Å². The lowest BCUT2D eigenvalue weighted by molar-refractivity contribution is 0.0938. The summed E-state index contributed by atoms with van der Waals surface area (Å²) in [5.41, 5.74) is 1.16. The Morgan fingerprint density at radius 2 is 2.21 bits per heavy atom. The number of rotatable bonds is 5. The maximum Gasteiger partial charge on any atom is 0.256 e. The van der Waals surface area contributed by atoms with E-state index in [4.69, 9.17) is 9.15 Å². The molecule has 3 aromatic rings. The Hall–Kier alpha value is -2.83. The highest BCUT2D eigenvalue weighted by molar-refractivity contribution is 6.07. The molecule has 0 spiro atoms. The fourth-order valence-electron chi connectivity index (χ4n) is 2.62. The summed E-state index contributed by atoms with van der Waals surface area (Å²) in [6.07, 6.45) is 0. The molecule has 24 heavy (non-hydrogen) atoms. The molecule has 0 aliphatic carbocycles. The summed E-state index contributed by atoms with van der Waals surface area (Å²) >= 11 is 0. The predicted octanol–water partition coefficient (Wildman–Crippen LogP) is 3.06. The summed E-state index contributed by atoms with van der Waals surface area (Å²) in [4.78, 5) is 17.0. The van der Waals surface area contributed by atoms with Gasteiger partial charge in [-0.15, -0.1) is 0 Å². The van der Waals surface area contributed by atoms with Gasteiger partial charge in [-0.25, -0.2) is 4.98 Å². The lowest BCUT2D eigenvalue weighted by Crippen LogP contribution is -2.27. The number of benzene rings is 1. The maximum atomic E-state index is 12.7. The number of nitrogens with zero attached hydrogens (tertiary/aromatic N) is 2. The minimum Gasteiger partial charge on any atom is -0.494 e. The molecular weight excluding hydrogens is 308 g/mol. The number of aryl methyl sites for hydroxylation is 2. The highest BCUT2D eigenvalue weighted by Crippen LogP contribution is 2.29. The van der Waals surface area contributed by atoms with E-state index in [-0.39, 0.29) is 11.9 Å². The van der Waals surface area contributed by atoms with Crippen molar-refractivity contribution in [1.82, 2.24) is 20.5 Å². The molecular formula is C17H20N4O3. The molecule has 0 saturated carbocycles. The standard InChI is InChI=1S/C17H20N4O3/c1-5-23-12-6-7-14-13(8-12)15(10(3)24-14)17(22)18-9(2)16-19-11(4)20-21-16/h6-9H,5H2,1-4H3,(H,18,22)(H,19,20,21). The number of furan rings is 1. The second kappa shape index (κ2) is 6.35. The molecule has 7 heteroatoms. The highest BCUT2D eigenvalue weighted by atomic mass is 16.5. The van der Waals surface area contributed by atoms with Crippen molar-refractivity contribution < 1.29 is 13.9 Å². The normalized spacial score (nSPS) is 12.3. The van der Waals surface area contributed by atoms with Crippen LogP contribution < -0.4 is 10.1 Å². The molecule has 0 aliphatic heterocycles. The third-order valence-corrected chi connectivity index (χ3v) is 3.72. The van der Waals surface area contributed by atoms with Gasteiger partial charge < -0.3 is 14.5 Å². The van der Waals surface area contributed by atoms with Gasteiger partial charge >= 0.3 is 0 Å². The van der Waals surface area contributed by atoms with Crippen LogP contribution in [-0.2, 0) is 0 Å². The molecule has 2 heterocycles. The number of nitrogens with one attached hydrogen (secondary N) is 2. The van der Waals surface area contributed by atoms with Crippen LogP contribution in [-0.4, -0.2) is 27.7 Å². The number of hydrogen-bond acceptors (Lipinski definition) is 5. The van der Waals surface area contributed by atoms with Gasteiger partial charge in [0.25, 0.3) is 5.91 Å². The van der Waals surface area contributed by atoms with Crippen molar-refractivity contribution in [2.24, 2.45) is 0 Å². The van der Waals surface area contributed by atoms with E-state index < -0.39 is 0 Å². The van der Waals surface area contributed by atoms with E-state index >= 15 is 0 Å². The number of carbonyl (C=O) groups is 1. The summed E-state index contributed by atoms with van der Waals surface area (Å²) in [6, 6.07) is 5.15. The average Bonchev–Trinajstić information content (AvgIpc) is 3.10. The lowest BCUT2D eigenvalue weighted by Gasteiger charge is -2.10. The number of fused-ring (bicyclic) bond motifs is 1. The van der Waals surface area contributed by atoms with Crippen molar-refractivity contribution in [3.8, 4) is 5.75 Å². The van der Waals surface area contributed by atoms with E-state index in [2.05, 4.69) is 20.5 Å². The summed E-state index contributed by atoms with van der Waals surface area (Å²) in [6.45, 7) is 7.90. The van der Waals surface area contributed by atoms with Crippen LogP contribution in [0.15, 0.2) is 22.6 Å². The van der Waals surface area contributed by atoms with Gasteiger partial charge in [0.05, 0.1) is 18.2 Å². The van der Waals surface area contributed by atoms with Gasteiger partial charge in [-0.3, -0.25) is 9.89 Å². The molecule has 0 fully saturated rings. The Kier molecular flexibility index (Phi) is 4.24. The number of ether oxygens (including phenoxy) is 1. The van der Waals surface area contributed by atoms with Crippen LogP contribution in [0.2, 0.25) is 0 Å². The van der Waals surface area contributed by atoms with Gasteiger partial charge in [0, 0.05) is 5.39 Å². The number of H-pyrrole nitrogens is 1. The average molecular weight is 328 g/mol. The van der Waals surface area contributed by atoms with Gasteiger partial charge in [-0.1, -0.05) is 0 Å². The van der Waals surface area contributed by atoms with Crippen molar-refractivity contribution in [1.29, 1.82) is 0 Å². The molecule has 1 unspecified atom stereocenters. The zero-order chi connectivity index (χ0) is 17.3. The van der Waals surface area contributed by atoms with Crippen molar-refractivity contribution in [2.45, 2.75) is 33.7 Å². The first kappa shape index (κ1) is 16.0.